The Hall–Kier alpha value is -0.120. The second kappa shape index (κ2) is 12.7. The molecule has 0 aliphatic carbocycles. The Labute approximate surface area is 195 Å². The predicted octanol–water partition coefficient (Wildman–Crippen LogP) is 3.49. The van der Waals surface area contributed by atoms with Crippen molar-refractivity contribution in [3.8, 4) is 0 Å². The molecule has 3 fully saturated rings. The minimum Gasteiger partial charge on any atom is -0.376 e. The van der Waals surface area contributed by atoms with Crippen LogP contribution in [0, 0.1) is 0 Å². The van der Waals surface area contributed by atoms with Gasteiger partial charge in [0, 0.05) is 38.8 Å². The lowest BCUT2D eigenvalue weighted by atomic mass is 9.98. The molecule has 29 heavy (non-hydrogen) atoms. The lowest BCUT2D eigenvalue weighted by molar-refractivity contribution is -0.0721. The largest absolute Gasteiger partial charge is 0.376 e. The highest BCUT2D eigenvalue weighted by atomic mass is 127. The van der Waals surface area contributed by atoms with E-state index in [1.54, 1.807) is 0 Å². The van der Waals surface area contributed by atoms with Crippen LogP contribution in [0.5, 0.6) is 0 Å². The van der Waals surface area contributed by atoms with Crippen molar-refractivity contribution >= 4 is 29.9 Å². The Morgan fingerprint density at radius 3 is 2.38 bits per heavy atom. The fourth-order valence-corrected chi connectivity index (χ4v) is 4.66. The fraction of sp³-hybridized carbons (Fsp3) is 0.955. The molecule has 0 aromatic carbocycles. The molecule has 0 amide bonds. The van der Waals surface area contributed by atoms with Crippen LogP contribution in [0.3, 0.4) is 0 Å². The van der Waals surface area contributed by atoms with Crippen LogP contribution >= 0.6 is 24.0 Å². The Bertz CT molecular complexity index is 483. The van der Waals surface area contributed by atoms with Gasteiger partial charge >= 0.3 is 0 Å². The molecule has 0 saturated carbocycles. The topological polar surface area (TPSA) is 49.3 Å². The summed E-state index contributed by atoms with van der Waals surface area (Å²) in [4.78, 5) is 9.58. The third-order valence-electron chi connectivity index (χ3n) is 6.64. The number of nitrogens with zero attached hydrogens (tertiary/aromatic N) is 3. The van der Waals surface area contributed by atoms with Crippen molar-refractivity contribution in [2.75, 3.05) is 53.0 Å². The van der Waals surface area contributed by atoms with Crippen molar-refractivity contribution in [3.63, 3.8) is 0 Å². The summed E-state index contributed by atoms with van der Waals surface area (Å²) in [6.07, 6.45) is 10.5. The molecule has 170 valence electrons. The van der Waals surface area contributed by atoms with Gasteiger partial charge in [-0.25, -0.2) is 0 Å². The van der Waals surface area contributed by atoms with Crippen molar-refractivity contribution in [3.05, 3.63) is 0 Å². The molecule has 0 radical (unpaired) electrons. The van der Waals surface area contributed by atoms with Crippen molar-refractivity contribution in [1.29, 1.82) is 0 Å². The normalized spacial score (nSPS) is 25.6. The molecule has 0 spiro atoms. The molecule has 1 unspecified atom stereocenters. The summed E-state index contributed by atoms with van der Waals surface area (Å²) < 4.78 is 12.0. The highest BCUT2D eigenvalue weighted by Crippen LogP contribution is 2.21. The first-order valence-corrected chi connectivity index (χ1v) is 11.5. The molecule has 3 aliphatic rings. The summed E-state index contributed by atoms with van der Waals surface area (Å²) in [5.41, 5.74) is 0.164. The molecule has 0 aromatic heterocycles. The van der Waals surface area contributed by atoms with Gasteiger partial charge in [-0.3, -0.25) is 9.89 Å². The average molecular weight is 523 g/mol. The first kappa shape index (κ1) is 25.1. The monoisotopic (exact) mass is 522 g/mol. The van der Waals surface area contributed by atoms with Gasteiger partial charge in [0.25, 0.3) is 0 Å². The van der Waals surface area contributed by atoms with Gasteiger partial charge in [-0.2, -0.15) is 0 Å². The molecular weight excluding hydrogens is 479 g/mol. The average Bonchev–Trinajstić information content (AvgIpc) is 2.75. The van der Waals surface area contributed by atoms with Crippen LogP contribution in [-0.2, 0) is 9.47 Å². The second-order valence-electron chi connectivity index (χ2n) is 9.27. The summed E-state index contributed by atoms with van der Waals surface area (Å²) in [6.45, 7) is 11.8. The van der Waals surface area contributed by atoms with Gasteiger partial charge in [0.05, 0.1) is 18.8 Å². The van der Waals surface area contributed by atoms with Crippen LogP contribution in [0.15, 0.2) is 4.99 Å². The lowest BCUT2D eigenvalue weighted by Crippen LogP contribution is -2.56. The molecule has 1 atom stereocenters. The molecule has 0 bridgehead atoms. The summed E-state index contributed by atoms with van der Waals surface area (Å²) in [5.74, 6) is 1.04. The van der Waals surface area contributed by atoms with Crippen molar-refractivity contribution in [2.45, 2.75) is 83.0 Å². The number of nitrogens with one attached hydrogen (secondary N) is 1. The van der Waals surface area contributed by atoms with E-state index in [2.05, 4.69) is 34.0 Å². The standard InChI is InChI=1S/C22H42N4O2.HI/c1-22(2,26-12-6-4-7-13-26)18-24-21(23-3)25-14-10-19(11-15-25)28-17-20-9-5-8-16-27-20;/h19-20H,4-18H2,1-3H3,(H,23,24);1H. The minimum atomic E-state index is 0. The zero-order valence-corrected chi connectivity index (χ0v) is 21.2. The molecular formula is C22H43IN4O2. The number of hydrogen-bond acceptors (Lipinski definition) is 4. The molecule has 3 heterocycles. The Kier molecular flexibility index (Phi) is 11.0. The summed E-state index contributed by atoms with van der Waals surface area (Å²) in [5, 5.41) is 3.65. The Morgan fingerprint density at radius 1 is 1.03 bits per heavy atom. The van der Waals surface area contributed by atoms with Gasteiger partial charge in [-0.1, -0.05) is 6.42 Å². The molecule has 6 nitrogen and oxygen atoms in total. The van der Waals surface area contributed by atoms with E-state index in [0.29, 0.717) is 12.2 Å². The second-order valence-corrected chi connectivity index (χ2v) is 9.27. The summed E-state index contributed by atoms with van der Waals surface area (Å²) >= 11 is 0. The smallest absolute Gasteiger partial charge is 0.193 e. The highest BCUT2D eigenvalue weighted by molar-refractivity contribution is 14.0. The van der Waals surface area contributed by atoms with E-state index < -0.39 is 0 Å². The highest BCUT2D eigenvalue weighted by Gasteiger charge is 2.29. The maximum Gasteiger partial charge on any atom is 0.193 e. The first-order chi connectivity index (χ1) is 13.6. The van der Waals surface area contributed by atoms with Gasteiger partial charge in [-0.05, 0) is 71.9 Å². The molecule has 0 aromatic rings. The van der Waals surface area contributed by atoms with Crippen LogP contribution in [0.2, 0.25) is 0 Å². The third kappa shape index (κ3) is 7.82. The molecule has 3 rings (SSSR count). The minimum absolute atomic E-state index is 0. The van der Waals surface area contributed by atoms with E-state index in [1.807, 2.05) is 7.05 Å². The van der Waals surface area contributed by atoms with Crippen LogP contribution in [0.25, 0.3) is 0 Å². The summed E-state index contributed by atoms with van der Waals surface area (Å²) in [7, 11) is 1.90. The van der Waals surface area contributed by atoms with Crippen LogP contribution in [-0.4, -0.2) is 86.5 Å². The maximum atomic E-state index is 6.16. The quantitative estimate of drug-likeness (QED) is 0.329. The van der Waals surface area contributed by atoms with E-state index in [-0.39, 0.29) is 29.5 Å². The van der Waals surface area contributed by atoms with Gasteiger partial charge in [0.15, 0.2) is 5.96 Å². The molecule has 3 saturated heterocycles. The van der Waals surface area contributed by atoms with Crippen molar-refractivity contribution in [2.24, 2.45) is 4.99 Å². The van der Waals surface area contributed by atoms with Crippen LogP contribution < -0.4 is 5.32 Å². The van der Waals surface area contributed by atoms with Gasteiger partial charge in [-0.15, -0.1) is 24.0 Å². The fourth-order valence-electron chi connectivity index (χ4n) is 4.66. The number of guanidine groups is 1. The number of aliphatic imine (C=N–C) groups is 1. The van der Waals surface area contributed by atoms with E-state index in [1.165, 1.54) is 45.2 Å². The van der Waals surface area contributed by atoms with Gasteiger partial charge < -0.3 is 19.7 Å². The van der Waals surface area contributed by atoms with Crippen LogP contribution in [0.4, 0.5) is 0 Å². The van der Waals surface area contributed by atoms with Crippen molar-refractivity contribution in [1.82, 2.24) is 15.1 Å². The predicted molar refractivity (Wildman–Crippen MR) is 130 cm³/mol. The third-order valence-corrected chi connectivity index (χ3v) is 6.64. The first-order valence-electron chi connectivity index (χ1n) is 11.5. The Morgan fingerprint density at radius 2 is 1.76 bits per heavy atom. The molecule has 1 N–H and O–H groups in total. The zero-order chi connectivity index (χ0) is 19.8. The zero-order valence-electron chi connectivity index (χ0n) is 18.8. The molecule has 3 aliphatic heterocycles. The van der Waals surface area contributed by atoms with Crippen LogP contribution in [0.1, 0.15) is 65.2 Å². The molecule has 7 heteroatoms. The number of ether oxygens (including phenoxy) is 2. The van der Waals surface area contributed by atoms with E-state index in [4.69, 9.17) is 9.47 Å². The SMILES string of the molecule is CN=C(NCC(C)(C)N1CCCCC1)N1CCC(OCC2CCCCO2)CC1.I. The maximum absolute atomic E-state index is 6.16. The lowest BCUT2D eigenvalue weighted by Gasteiger charge is -2.42. The van der Waals surface area contributed by atoms with Gasteiger partial charge in [0.1, 0.15) is 0 Å². The van der Waals surface area contributed by atoms with Crippen molar-refractivity contribution < 1.29 is 9.47 Å². The number of hydrogen-bond donors (Lipinski definition) is 1. The van der Waals surface area contributed by atoms with E-state index >= 15 is 0 Å². The van der Waals surface area contributed by atoms with Gasteiger partial charge in [0.2, 0.25) is 0 Å². The number of piperidine rings is 2. The number of likely N-dealkylation sites (tertiary alicyclic amines) is 2. The van der Waals surface area contributed by atoms with E-state index in [9.17, 15) is 0 Å². The van der Waals surface area contributed by atoms with E-state index in [0.717, 1.165) is 58.1 Å². The summed E-state index contributed by atoms with van der Waals surface area (Å²) in [6, 6.07) is 0. The number of rotatable bonds is 6. The number of halogens is 1. The Balaban J connectivity index is 0.00000300.